The zero-order chi connectivity index (χ0) is 22.8. The van der Waals surface area contributed by atoms with Crippen LogP contribution in [0.3, 0.4) is 0 Å². The van der Waals surface area contributed by atoms with E-state index in [0.717, 1.165) is 46.4 Å². The number of hydrogen-bond donors (Lipinski definition) is 0. The van der Waals surface area contributed by atoms with Crippen LogP contribution in [0.2, 0.25) is 0 Å². The Morgan fingerprint density at radius 1 is 0.909 bits per heavy atom. The molecular weight excluding hydrogens is 424 g/mol. The van der Waals surface area contributed by atoms with E-state index in [-0.39, 0.29) is 11.0 Å². The lowest BCUT2D eigenvalue weighted by Crippen LogP contribution is -2.25. The van der Waals surface area contributed by atoms with Gasteiger partial charge in [0.15, 0.2) is 5.78 Å². The maximum Gasteiger partial charge on any atom is 0.176 e. The molecule has 0 saturated heterocycles. The molecule has 0 amide bonds. The van der Waals surface area contributed by atoms with Gasteiger partial charge < -0.3 is 0 Å². The number of thioether (sulfide) groups is 1. The molecule has 1 heterocycles. The van der Waals surface area contributed by atoms with Gasteiger partial charge in [0.05, 0.1) is 16.5 Å². The molecule has 4 aromatic rings. The highest BCUT2D eigenvalue weighted by atomic mass is 32.2. The number of Topliss-reactive ketones (excluding diaryl/α,β-unsaturated/α-hetero) is 1. The highest BCUT2D eigenvalue weighted by molar-refractivity contribution is 8.00. The standard InChI is InChI=1S/C29H22N2OS/c1-19-11-13-22(14-12-19)26-17-24(20-7-3-2-4-8-20)25(18-30)29(31-26)33-27-16-15-21-9-5-6-10-23(21)28(27)32/h2-14,17,27H,15-16H2,1H3/t27-/m0/s1. The van der Waals surface area contributed by atoms with Gasteiger partial charge in [-0.1, -0.05) is 96.2 Å². The average Bonchev–Trinajstić information content (AvgIpc) is 2.86. The Kier molecular flexibility index (Phi) is 5.81. The smallest absolute Gasteiger partial charge is 0.176 e. The fourth-order valence-electron chi connectivity index (χ4n) is 4.25. The summed E-state index contributed by atoms with van der Waals surface area (Å²) in [6, 6.07) is 30.3. The molecule has 1 aliphatic rings. The van der Waals surface area contributed by atoms with E-state index in [0.29, 0.717) is 10.6 Å². The van der Waals surface area contributed by atoms with Crippen molar-refractivity contribution in [3.63, 3.8) is 0 Å². The molecule has 3 nitrogen and oxygen atoms in total. The molecule has 0 bridgehead atoms. The molecule has 3 aromatic carbocycles. The highest BCUT2D eigenvalue weighted by Crippen LogP contribution is 2.39. The van der Waals surface area contributed by atoms with Crippen LogP contribution in [-0.2, 0) is 6.42 Å². The zero-order valence-corrected chi connectivity index (χ0v) is 19.1. The normalized spacial score (nSPS) is 15.0. The number of aryl methyl sites for hydroxylation is 2. The maximum absolute atomic E-state index is 13.2. The molecule has 0 spiro atoms. The van der Waals surface area contributed by atoms with Gasteiger partial charge in [0.1, 0.15) is 11.1 Å². The number of hydrogen-bond acceptors (Lipinski definition) is 4. The molecule has 1 aliphatic carbocycles. The van der Waals surface area contributed by atoms with Gasteiger partial charge >= 0.3 is 0 Å². The number of benzene rings is 3. The Labute approximate surface area is 198 Å². The highest BCUT2D eigenvalue weighted by Gasteiger charge is 2.30. The van der Waals surface area contributed by atoms with E-state index in [1.165, 1.54) is 17.3 Å². The minimum atomic E-state index is -0.253. The first kappa shape index (κ1) is 21.2. The second kappa shape index (κ2) is 9.05. The van der Waals surface area contributed by atoms with Crippen molar-refractivity contribution < 1.29 is 4.79 Å². The molecule has 0 N–H and O–H groups in total. The number of aromatic nitrogens is 1. The van der Waals surface area contributed by atoms with Crippen LogP contribution >= 0.6 is 11.8 Å². The van der Waals surface area contributed by atoms with Crippen molar-refractivity contribution in [2.45, 2.75) is 30.0 Å². The van der Waals surface area contributed by atoms with Crippen LogP contribution < -0.4 is 0 Å². The number of nitriles is 1. The minimum Gasteiger partial charge on any atom is -0.293 e. The molecule has 5 rings (SSSR count). The maximum atomic E-state index is 13.2. The summed E-state index contributed by atoms with van der Waals surface area (Å²) in [4.78, 5) is 18.1. The van der Waals surface area contributed by atoms with Gasteiger partial charge in [0, 0.05) is 16.7 Å². The molecule has 1 atom stereocenters. The van der Waals surface area contributed by atoms with Crippen LogP contribution in [0.25, 0.3) is 22.4 Å². The molecule has 0 unspecified atom stereocenters. The molecule has 0 saturated carbocycles. The molecule has 0 fully saturated rings. The Bertz CT molecular complexity index is 1370. The van der Waals surface area contributed by atoms with E-state index in [9.17, 15) is 10.1 Å². The number of nitrogens with zero attached hydrogens (tertiary/aromatic N) is 2. The molecule has 1 aromatic heterocycles. The van der Waals surface area contributed by atoms with Crippen LogP contribution in [-0.4, -0.2) is 16.0 Å². The molecular formula is C29H22N2OS. The fraction of sp³-hybridized carbons (Fsp3) is 0.138. The number of fused-ring (bicyclic) bond motifs is 1. The number of carbonyl (C=O) groups is 1. The van der Waals surface area contributed by atoms with Crippen LogP contribution in [0, 0.1) is 18.3 Å². The quantitative estimate of drug-likeness (QED) is 0.343. The zero-order valence-electron chi connectivity index (χ0n) is 18.3. The van der Waals surface area contributed by atoms with E-state index in [1.54, 1.807) is 0 Å². The second-order valence-electron chi connectivity index (χ2n) is 8.25. The molecule has 4 heteroatoms. The van der Waals surface area contributed by atoms with Crippen molar-refractivity contribution in [1.82, 2.24) is 4.98 Å². The largest absolute Gasteiger partial charge is 0.293 e. The first-order valence-corrected chi connectivity index (χ1v) is 11.9. The second-order valence-corrected chi connectivity index (χ2v) is 9.44. The summed E-state index contributed by atoms with van der Waals surface area (Å²) in [6.45, 7) is 2.05. The number of ketones is 1. The molecule has 0 aliphatic heterocycles. The SMILES string of the molecule is Cc1ccc(-c2cc(-c3ccccc3)c(C#N)c(S[C@H]3CCc4ccccc4C3=O)n2)cc1. The predicted molar refractivity (Wildman–Crippen MR) is 133 cm³/mol. The van der Waals surface area contributed by atoms with Gasteiger partial charge in [-0.2, -0.15) is 5.26 Å². The van der Waals surface area contributed by atoms with Gasteiger partial charge in [-0.25, -0.2) is 4.98 Å². The summed E-state index contributed by atoms with van der Waals surface area (Å²) >= 11 is 1.43. The fourth-order valence-corrected chi connectivity index (χ4v) is 5.41. The monoisotopic (exact) mass is 446 g/mol. The molecule has 33 heavy (non-hydrogen) atoms. The van der Waals surface area contributed by atoms with Crippen LogP contribution in [0.1, 0.15) is 33.5 Å². The lowest BCUT2D eigenvalue weighted by atomic mass is 9.90. The Hall–Kier alpha value is -3.68. The number of rotatable bonds is 4. The molecule has 0 radical (unpaired) electrons. The van der Waals surface area contributed by atoms with E-state index in [2.05, 4.69) is 37.3 Å². The van der Waals surface area contributed by atoms with E-state index >= 15 is 0 Å². The summed E-state index contributed by atoms with van der Waals surface area (Å²) in [5.74, 6) is 0.120. The average molecular weight is 447 g/mol. The number of pyridine rings is 1. The van der Waals surface area contributed by atoms with Gasteiger partial charge in [0.25, 0.3) is 0 Å². The Morgan fingerprint density at radius 2 is 1.64 bits per heavy atom. The lowest BCUT2D eigenvalue weighted by molar-refractivity contribution is 0.0979. The summed E-state index contributed by atoms with van der Waals surface area (Å²) in [6.07, 6.45) is 1.59. The first-order valence-electron chi connectivity index (χ1n) is 11.0. The summed E-state index contributed by atoms with van der Waals surface area (Å²) < 4.78 is 0. The van der Waals surface area contributed by atoms with Crippen LogP contribution in [0.15, 0.2) is 90.0 Å². The van der Waals surface area contributed by atoms with Crippen molar-refractivity contribution in [3.8, 4) is 28.5 Å². The van der Waals surface area contributed by atoms with Crippen LogP contribution in [0.4, 0.5) is 0 Å². The topological polar surface area (TPSA) is 53.8 Å². The molecule has 160 valence electrons. The van der Waals surface area contributed by atoms with E-state index in [4.69, 9.17) is 4.98 Å². The third-order valence-corrected chi connectivity index (χ3v) is 7.29. The van der Waals surface area contributed by atoms with Gasteiger partial charge in [-0.05, 0) is 37.0 Å². The van der Waals surface area contributed by atoms with Crippen molar-refractivity contribution in [2.75, 3.05) is 0 Å². The third kappa shape index (κ3) is 4.20. The Balaban J connectivity index is 1.62. The first-order chi connectivity index (χ1) is 16.1. The summed E-state index contributed by atoms with van der Waals surface area (Å²) in [5, 5.41) is 10.5. The predicted octanol–water partition coefficient (Wildman–Crippen LogP) is 6.89. The Morgan fingerprint density at radius 3 is 2.39 bits per heavy atom. The van der Waals surface area contributed by atoms with Gasteiger partial charge in [0.2, 0.25) is 0 Å². The van der Waals surface area contributed by atoms with Crippen molar-refractivity contribution in [2.24, 2.45) is 0 Å². The number of carbonyl (C=O) groups excluding carboxylic acids is 1. The van der Waals surface area contributed by atoms with Crippen LogP contribution in [0.5, 0.6) is 0 Å². The van der Waals surface area contributed by atoms with Crippen molar-refractivity contribution in [3.05, 3.63) is 107 Å². The summed E-state index contributed by atoms with van der Waals surface area (Å²) in [7, 11) is 0. The van der Waals surface area contributed by atoms with Gasteiger partial charge in [-0.15, -0.1) is 0 Å². The summed E-state index contributed by atoms with van der Waals surface area (Å²) in [5.41, 5.74) is 7.19. The van der Waals surface area contributed by atoms with E-state index < -0.39 is 0 Å². The van der Waals surface area contributed by atoms with Crippen molar-refractivity contribution in [1.29, 1.82) is 5.26 Å². The van der Waals surface area contributed by atoms with E-state index in [1.807, 2.05) is 60.7 Å². The van der Waals surface area contributed by atoms with Gasteiger partial charge in [-0.3, -0.25) is 4.79 Å². The minimum absolute atomic E-state index is 0.120. The lowest BCUT2D eigenvalue weighted by Gasteiger charge is -2.23. The van der Waals surface area contributed by atoms with Crippen molar-refractivity contribution >= 4 is 17.5 Å². The third-order valence-electron chi connectivity index (χ3n) is 6.04.